The van der Waals surface area contributed by atoms with Gasteiger partial charge in [0.05, 0.1) is 6.04 Å². The largest absolute Gasteiger partial charge is 0.508 e. The van der Waals surface area contributed by atoms with Crippen LogP contribution in [-0.2, 0) is 4.79 Å². The van der Waals surface area contributed by atoms with Gasteiger partial charge in [-0.15, -0.1) is 0 Å². The number of benzene rings is 1. The second kappa shape index (κ2) is 5.93. The van der Waals surface area contributed by atoms with Crippen LogP contribution >= 0.6 is 0 Å². The molecular weight excluding hydrogens is 244 g/mol. The lowest BCUT2D eigenvalue weighted by Gasteiger charge is -2.13. The molecule has 0 fully saturated rings. The second-order valence-corrected chi connectivity index (χ2v) is 4.99. The summed E-state index contributed by atoms with van der Waals surface area (Å²) in [4.78, 5) is 11.4. The first kappa shape index (κ1) is 13.7. The number of fused-ring (bicyclic) bond motifs is 1. The Hall–Kier alpha value is -1.75. The van der Waals surface area contributed by atoms with E-state index in [0.29, 0.717) is 19.7 Å². The van der Waals surface area contributed by atoms with Gasteiger partial charge in [-0.2, -0.15) is 0 Å². The van der Waals surface area contributed by atoms with Gasteiger partial charge in [-0.25, -0.2) is 0 Å². The number of phenolic OH excluding ortho intramolecular Hbond substituents is 1. The maximum Gasteiger partial charge on any atom is 0.222 e. The van der Waals surface area contributed by atoms with Crippen LogP contribution in [0.5, 0.6) is 11.5 Å². The predicted octanol–water partition coefficient (Wildman–Crippen LogP) is 1.19. The van der Waals surface area contributed by atoms with Crippen LogP contribution in [0.15, 0.2) is 18.2 Å². The molecule has 3 N–H and O–H groups in total. The van der Waals surface area contributed by atoms with Crippen LogP contribution in [0.2, 0.25) is 0 Å². The molecule has 0 saturated heterocycles. The van der Waals surface area contributed by atoms with Gasteiger partial charge in [0, 0.05) is 30.6 Å². The van der Waals surface area contributed by atoms with Crippen molar-refractivity contribution in [2.24, 2.45) is 5.92 Å². The highest BCUT2D eigenvalue weighted by Gasteiger charge is 2.23. The Labute approximate surface area is 113 Å². The topological polar surface area (TPSA) is 70.6 Å². The maximum atomic E-state index is 11.4. The van der Waals surface area contributed by atoms with Gasteiger partial charge in [0.15, 0.2) is 0 Å². The summed E-state index contributed by atoms with van der Waals surface area (Å²) in [6.07, 6.45) is 0. The zero-order valence-corrected chi connectivity index (χ0v) is 11.3. The molecule has 104 valence electrons. The van der Waals surface area contributed by atoms with Crippen LogP contribution < -0.4 is 15.4 Å². The van der Waals surface area contributed by atoms with Crippen molar-refractivity contribution in [3.63, 3.8) is 0 Å². The Morgan fingerprint density at radius 1 is 1.47 bits per heavy atom. The molecule has 19 heavy (non-hydrogen) atoms. The Morgan fingerprint density at radius 3 is 3.00 bits per heavy atom. The van der Waals surface area contributed by atoms with Crippen LogP contribution in [0.3, 0.4) is 0 Å². The minimum Gasteiger partial charge on any atom is -0.508 e. The van der Waals surface area contributed by atoms with Gasteiger partial charge in [-0.3, -0.25) is 4.79 Å². The third-order valence-corrected chi connectivity index (χ3v) is 3.12. The number of carbonyl (C=O) groups excluding carboxylic acids is 1. The van der Waals surface area contributed by atoms with E-state index in [-0.39, 0.29) is 23.6 Å². The monoisotopic (exact) mass is 264 g/mol. The average molecular weight is 264 g/mol. The fourth-order valence-corrected chi connectivity index (χ4v) is 2.00. The molecule has 2 rings (SSSR count). The van der Waals surface area contributed by atoms with Crippen LogP contribution in [0.4, 0.5) is 0 Å². The van der Waals surface area contributed by atoms with E-state index < -0.39 is 0 Å². The summed E-state index contributed by atoms with van der Waals surface area (Å²) in [5.74, 6) is 1.01. The molecule has 1 unspecified atom stereocenters. The summed E-state index contributed by atoms with van der Waals surface area (Å²) < 4.78 is 5.50. The van der Waals surface area contributed by atoms with Gasteiger partial charge >= 0.3 is 0 Å². The number of hydrogen-bond donors (Lipinski definition) is 3. The Bertz CT molecular complexity index is 460. The van der Waals surface area contributed by atoms with Crippen molar-refractivity contribution in [1.29, 1.82) is 0 Å². The molecule has 1 amide bonds. The first-order valence-corrected chi connectivity index (χ1v) is 6.54. The molecule has 1 heterocycles. The number of phenols is 1. The van der Waals surface area contributed by atoms with Crippen molar-refractivity contribution < 1.29 is 14.6 Å². The van der Waals surface area contributed by atoms with E-state index in [9.17, 15) is 9.90 Å². The summed E-state index contributed by atoms with van der Waals surface area (Å²) in [6.45, 7) is 5.58. The van der Waals surface area contributed by atoms with E-state index >= 15 is 0 Å². The van der Waals surface area contributed by atoms with Crippen molar-refractivity contribution in [1.82, 2.24) is 10.6 Å². The van der Waals surface area contributed by atoms with Gasteiger partial charge in [0.25, 0.3) is 0 Å². The highest BCUT2D eigenvalue weighted by Crippen LogP contribution is 2.34. The maximum absolute atomic E-state index is 11.4. The van der Waals surface area contributed by atoms with Crippen molar-refractivity contribution in [3.05, 3.63) is 23.8 Å². The van der Waals surface area contributed by atoms with Crippen LogP contribution in [0.25, 0.3) is 0 Å². The molecule has 0 spiro atoms. The molecule has 0 saturated carbocycles. The molecule has 1 aromatic carbocycles. The molecule has 1 aliphatic heterocycles. The molecule has 0 aromatic heterocycles. The van der Waals surface area contributed by atoms with E-state index in [2.05, 4.69) is 10.6 Å². The van der Waals surface area contributed by atoms with E-state index in [1.807, 2.05) is 19.9 Å². The normalized spacial score (nSPS) is 17.1. The molecule has 0 bridgehead atoms. The van der Waals surface area contributed by atoms with E-state index in [1.165, 1.54) is 0 Å². The number of carbonyl (C=O) groups is 1. The summed E-state index contributed by atoms with van der Waals surface area (Å²) in [5.41, 5.74) is 1.05. The molecule has 1 atom stereocenters. The number of amides is 1. The Morgan fingerprint density at radius 2 is 2.26 bits per heavy atom. The molecule has 1 aromatic rings. The number of rotatable bonds is 5. The third kappa shape index (κ3) is 3.38. The number of aromatic hydroxyl groups is 1. The van der Waals surface area contributed by atoms with Crippen LogP contribution in [-0.4, -0.2) is 30.7 Å². The molecule has 0 aliphatic carbocycles. The number of ether oxygens (including phenoxy) is 1. The lowest BCUT2D eigenvalue weighted by molar-refractivity contribution is -0.123. The second-order valence-electron chi connectivity index (χ2n) is 4.99. The van der Waals surface area contributed by atoms with Crippen molar-refractivity contribution >= 4 is 5.91 Å². The van der Waals surface area contributed by atoms with E-state index in [0.717, 1.165) is 11.3 Å². The smallest absolute Gasteiger partial charge is 0.222 e. The Kier molecular flexibility index (Phi) is 4.27. The van der Waals surface area contributed by atoms with Crippen LogP contribution in [0.1, 0.15) is 25.5 Å². The first-order valence-electron chi connectivity index (χ1n) is 6.54. The molecule has 5 nitrogen and oxygen atoms in total. The van der Waals surface area contributed by atoms with Crippen molar-refractivity contribution in [3.8, 4) is 11.5 Å². The standard InChI is InChI=1S/C14H20N2O3/c1-9(2)14(18)16-6-5-15-12-8-19-13-7-10(17)3-4-11(12)13/h3-4,7,9,12,15,17H,5-6,8H2,1-2H3,(H,16,18). The zero-order valence-electron chi connectivity index (χ0n) is 11.3. The van der Waals surface area contributed by atoms with E-state index in [1.54, 1.807) is 12.1 Å². The quantitative estimate of drug-likeness (QED) is 0.699. The van der Waals surface area contributed by atoms with Gasteiger partial charge in [0.2, 0.25) is 5.91 Å². The molecule has 1 aliphatic rings. The lowest BCUT2D eigenvalue weighted by Crippen LogP contribution is -2.35. The summed E-state index contributed by atoms with van der Waals surface area (Å²) >= 11 is 0. The third-order valence-electron chi connectivity index (χ3n) is 3.12. The van der Waals surface area contributed by atoms with Gasteiger partial charge in [-0.1, -0.05) is 13.8 Å². The first-order chi connectivity index (χ1) is 9.08. The van der Waals surface area contributed by atoms with Crippen molar-refractivity contribution in [2.75, 3.05) is 19.7 Å². The fourth-order valence-electron chi connectivity index (χ4n) is 2.00. The minimum atomic E-state index is 0.0125. The zero-order chi connectivity index (χ0) is 13.8. The highest BCUT2D eigenvalue weighted by molar-refractivity contribution is 5.77. The minimum absolute atomic E-state index is 0.0125. The fraction of sp³-hybridized carbons (Fsp3) is 0.500. The molecule has 0 radical (unpaired) electrons. The summed E-state index contributed by atoms with van der Waals surface area (Å²) in [6, 6.07) is 5.26. The van der Waals surface area contributed by atoms with E-state index in [4.69, 9.17) is 4.74 Å². The van der Waals surface area contributed by atoms with Crippen molar-refractivity contribution in [2.45, 2.75) is 19.9 Å². The lowest BCUT2D eigenvalue weighted by atomic mass is 10.1. The molecular formula is C14H20N2O3. The van der Waals surface area contributed by atoms with Crippen LogP contribution in [0, 0.1) is 5.92 Å². The van der Waals surface area contributed by atoms with Gasteiger partial charge in [-0.05, 0) is 12.1 Å². The summed E-state index contributed by atoms with van der Waals surface area (Å²) in [5, 5.41) is 15.5. The number of hydrogen-bond acceptors (Lipinski definition) is 4. The predicted molar refractivity (Wildman–Crippen MR) is 72.2 cm³/mol. The Balaban J connectivity index is 1.79. The average Bonchev–Trinajstić information content (AvgIpc) is 2.76. The van der Waals surface area contributed by atoms with Gasteiger partial charge < -0.3 is 20.5 Å². The highest BCUT2D eigenvalue weighted by atomic mass is 16.5. The number of nitrogens with one attached hydrogen (secondary N) is 2. The summed E-state index contributed by atoms with van der Waals surface area (Å²) in [7, 11) is 0. The SMILES string of the molecule is CC(C)C(=O)NCCNC1COc2cc(O)ccc21. The molecule has 5 heteroatoms. The van der Waals surface area contributed by atoms with Gasteiger partial charge in [0.1, 0.15) is 18.1 Å².